The molecule has 1 heterocycles. The topological polar surface area (TPSA) is 38.3 Å². The minimum absolute atomic E-state index is 0.115. The predicted octanol–water partition coefficient (Wildman–Crippen LogP) is 2.94. The van der Waals surface area contributed by atoms with Crippen molar-refractivity contribution in [2.45, 2.75) is 12.8 Å². The maximum Gasteiger partial charge on any atom is 0.228 e. The Morgan fingerprint density at radius 2 is 2.00 bits per heavy atom. The lowest BCUT2D eigenvalue weighted by Crippen LogP contribution is -2.14. The van der Waals surface area contributed by atoms with Crippen molar-refractivity contribution in [2.24, 2.45) is 0 Å². The number of ether oxygens (including phenoxy) is 1. The molecule has 0 saturated carbocycles. The minimum Gasteiger partial charge on any atom is -0.493 e. The van der Waals surface area contributed by atoms with Gasteiger partial charge in [0.05, 0.1) is 13.0 Å². The van der Waals surface area contributed by atoms with Crippen LogP contribution in [0.5, 0.6) is 5.75 Å². The van der Waals surface area contributed by atoms with Gasteiger partial charge in [-0.25, -0.2) is 4.39 Å². The SMILES string of the molecule is O=C(Cc1ccc(F)cc1)Nc1ccc2c(c1)CCO2. The van der Waals surface area contributed by atoms with Crippen molar-refractivity contribution >= 4 is 11.6 Å². The van der Waals surface area contributed by atoms with E-state index in [1.165, 1.54) is 12.1 Å². The van der Waals surface area contributed by atoms with Gasteiger partial charge >= 0.3 is 0 Å². The monoisotopic (exact) mass is 271 g/mol. The number of carbonyl (C=O) groups excluding carboxylic acids is 1. The first-order chi connectivity index (χ1) is 9.70. The molecule has 102 valence electrons. The van der Waals surface area contributed by atoms with E-state index >= 15 is 0 Å². The van der Waals surface area contributed by atoms with Crippen LogP contribution in [-0.2, 0) is 17.6 Å². The fourth-order valence-electron chi connectivity index (χ4n) is 2.26. The maximum absolute atomic E-state index is 12.8. The van der Waals surface area contributed by atoms with Gasteiger partial charge in [0.25, 0.3) is 0 Å². The summed E-state index contributed by atoms with van der Waals surface area (Å²) in [7, 11) is 0. The van der Waals surface area contributed by atoms with Crippen molar-refractivity contribution in [2.75, 3.05) is 11.9 Å². The van der Waals surface area contributed by atoms with Crippen molar-refractivity contribution in [3.05, 3.63) is 59.4 Å². The zero-order valence-electron chi connectivity index (χ0n) is 10.9. The molecule has 2 aromatic rings. The van der Waals surface area contributed by atoms with E-state index in [1.807, 2.05) is 18.2 Å². The molecule has 4 heteroatoms. The number of rotatable bonds is 3. The van der Waals surface area contributed by atoms with Gasteiger partial charge in [-0.2, -0.15) is 0 Å². The lowest BCUT2D eigenvalue weighted by Gasteiger charge is -2.07. The maximum atomic E-state index is 12.8. The summed E-state index contributed by atoms with van der Waals surface area (Å²) in [5.74, 6) is 0.477. The largest absolute Gasteiger partial charge is 0.493 e. The van der Waals surface area contributed by atoms with Crippen molar-refractivity contribution in [1.82, 2.24) is 0 Å². The zero-order valence-corrected chi connectivity index (χ0v) is 10.9. The minimum atomic E-state index is -0.298. The van der Waals surface area contributed by atoms with Crippen molar-refractivity contribution in [1.29, 1.82) is 0 Å². The molecule has 1 amide bonds. The Labute approximate surface area is 116 Å². The van der Waals surface area contributed by atoms with Crippen molar-refractivity contribution in [3.8, 4) is 5.75 Å². The van der Waals surface area contributed by atoms with E-state index in [9.17, 15) is 9.18 Å². The van der Waals surface area contributed by atoms with E-state index in [4.69, 9.17) is 4.74 Å². The van der Waals surface area contributed by atoms with Crippen LogP contribution in [0.25, 0.3) is 0 Å². The number of carbonyl (C=O) groups is 1. The van der Waals surface area contributed by atoms with Gasteiger partial charge in [0.2, 0.25) is 5.91 Å². The van der Waals surface area contributed by atoms with Gasteiger partial charge in [-0.1, -0.05) is 12.1 Å². The second-order valence-electron chi connectivity index (χ2n) is 4.77. The molecule has 3 rings (SSSR count). The van der Waals surface area contributed by atoms with E-state index in [2.05, 4.69) is 5.32 Å². The molecule has 0 spiro atoms. The molecule has 1 N–H and O–H groups in total. The Morgan fingerprint density at radius 1 is 1.20 bits per heavy atom. The molecule has 2 aromatic carbocycles. The number of anilines is 1. The van der Waals surface area contributed by atoms with Gasteiger partial charge in [0, 0.05) is 12.1 Å². The first kappa shape index (κ1) is 12.7. The number of fused-ring (bicyclic) bond motifs is 1. The zero-order chi connectivity index (χ0) is 13.9. The molecular formula is C16H14FNO2. The lowest BCUT2D eigenvalue weighted by molar-refractivity contribution is -0.115. The van der Waals surface area contributed by atoms with Crippen LogP contribution >= 0.6 is 0 Å². The van der Waals surface area contributed by atoms with Gasteiger partial charge in [0.15, 0.2) is 0 Å². The second-order valence-corrected chi connectivity index (χ2v) is 4.77. The molecule has 0 aromatic heterocycles. The van der Waals surface area contributed by atoms with Crippen LogP contribution < -0.4 is 10.1 Å². The van der Waals surface area contributed by atoms with Crippen LogP contribution in [0.3, 0.4) is 0 Å². The van der Waals surface area contributed by atoms with Gasteiger partial charge in [-0.15, -0.1) is 0 Å². The summed E-state index contributed by atoms with van der Waals surface area (Å²) in [5, 5.41) is 2.85. The Kier molecular flexibility index (Phi) is 3.37. The third-order valence-corrected chi connectivity index (χ3v) is 3.25. The molecule has 20 heavy (non-hydrogen) atoms. The molecule has 0 radical (unpaired) electrons. The van der Waals surface area contributed by atoms with E-state index in [1.54, 1.807) is 12.1 Å². The lowest BCUT2D eigenvalue weighted by atomic mass is 10.1. The van der Waals surface area contributed by atoms with Crippen LogP contribution in [0.1, 0.15) is 11.1 Å². The van der Waals surface area contributed by atoms with E-state index in [0.717, 1.165) is 29.0 Å². The molecule has 0 bridgehead atoms. The average molecular weight is 271 g/mol. The molecular weight excluding hydrogens is 257 g/mol. The fraction of sp³-hybridized carbons (Fsp3) is 0.188. The number of hydrogen-bond acceptors (Lipinski definition) is 2. The van der Waals surface area contributed by atoms with E-state index < -0.39 is 0 Å². The van der Waals surface area contributed by atoms with Gasteiger partial charge in [-0.3, -0.25) is 4.79 Å². The Morgan fingerprint density at radius 3 is 2.80 bits per heavy atom. The second kappa shape index (κ2) is 5.33. The number of nitrogens with one attached hydrogen (secondary N) is 1. The molecule has 3 nitrogen and oxygen atoms in total. The first-order valence-electron chi connectivity index (χ1n) is 6.51. The Hall–Kier alpha value is -2.36. The van der Waals surface area contributed by atoms with Gasteiger partial charge in [0.1, 0.15) is 11.6 Å². The Balaban J connectivity index is 1.65. The van der Waals surface area contributed by atoms with Crippen LogP contribution in [0.2, 0.25) is 0 Å². The Bertz CT molecular complexity index is 637. The summed E-state index contributed by atoms with van der Waals surface area (Å²) in [6, 6.07) is 11.6. The van der Waals surface area contributed by atoms with E-state index in [-0.39, 0.29) is 18.1 Å². The third kappa shape index (κ3) is 2.79. The van der Waals surface area contributed by atoms with Crippen LogP contribution in [-0.4, -0.2) is 12.5 Å². The van der Waals surface area contributed by atoms with Crippen LogP contribution in [0.4, 0.5) is 10.1 Å². The number of halogens is 1. The molecule has 0 saturated heterocycles. The van der Waals surface area contributed by atoms with E-state index in [0.29, 0.717) is 6.61 Å². The van der Waals surface area contributed by atoms with Crippen molar-refractivity contribution < 1.29 is 13.9 Å². The summed E-state index contributed by atoms with van der Waals surface area (Å²) in [6.07, 6.45) is 1.10. The standard InChI is InChI=1S/C16H14FNO2/c17-13-3-1-11(2-4-13)9-16(19)18-14-5-6-15-12(10-14)7-8-20-15/h1-6,10H,7-9H2,(H,18,19). The highest BCUT2D eigenvalue weighted by Gasteiger charge is 2.13. The summed E-state index contributed by atoms with van der Waals surface area (Å²) in [6.45, 7) is 0.697. The number of hydrogen-bond donors (Lipinski definition) is 1. The first-order valence-corrected chi connectivity index (χ1v) is 6.51. The summed E-state index contributed by atoms with van der Waals surface area (Å²) >= 11 is 0. The predicted molar refractivity (Wildman–Crippen MR) is 74.4 cm³/mol. The number of benzene rings is 2. The molecule has 0 unspecified atom stereocenters. The molecule has 0 aliphatic carbocycles. The summed E-state index contributed by atoms with van der Waals surface area (Å²) < 4.78 is 18.2. The molecule has 1 aliphatic heterocycles. The highest BCUT2D eigenvalue weighted by molar-refractivity contribution is 5.92. The van der Waals surface area contributed by atoms with Gasteiger partial charge in [-0.05, 0) is 41.5 Å². The van der Waals surface area contributed by atoms with Crippen LogP contribution in [0, 0.1) is 5.82 Å². The summed E-state index contributed by atoms with van der Waals surface area (Å²) in [5.41, 5.74) is 2.67. The average Bonchev–Trinajstić information content (AvgIpc) is 2.89. The van der Waals surface area contributed by atoms with Gasteiger partial charge < -0.3 is 10.1 Å². The third-order valence-electron chi connectivity index (χ3n) is 3.25. The molecule has 0 fully saturated rings. The summed E-state index contributed by atoms with van der Waals surface area (Å²) in [4.78, 5) is 11.9. The smallest absolute Gasteiger partial charge is 0.228 e. The fourth-order valence-corrected chi connectivity index (χ4v) is 2.26. The van der Waals surface area contributed by atoms with Crippen LogP contribution in [0.15, 0.2) is 42.5 Å². The number of amides is 1. The molecule has 0 atom stereocenters. The molecule has 1 aliphatic rings. The normalized spacial score (nSPS) is 12.7. The highest BCUT2D eigenvalue weighted by Crippen LogP contribution is 2.27. The van der Waals surface area contributed by atoms with Crippen molar-refractivity contribution in [3.63, 3.8) is 0 Å². The highest BCUT2D eigenvalue weighted by atomic mass is 19.1. The quantitative estimate of drug-likeness (QED) is 0.932.